The van der Waals surface area contributed by atoms with Crippen LogP contribution in [0.1, 0.15) is 42.3 Å². The standard InChI is InChI=1S/C19H22N2/c1-4-5-11-21-16(3)15(2)12-19(21)18(14-20)13-17-9-7-6-8-10-17/h6-10,12-13H,4-5,11H2,1-3H3/b18-13+. The van der Waals surface area contributed by atoms with Gasteiger partial charge in [0.05, 0.1) is 11.3 Å². The van der Waals surface area contributed by atoms with E-state index in [1.807, 2.05) is 36.4 Å². The Bertz CT molecular complexity index is 670. The molecule has 0 fully saturated rings. The van der Waals surface area contributed by atoms with Crippen LogP contribution in [0, 0.1) is 25.2 Å². The number of rotatable bonds is 5. The second-order valence-electron chi connectivity index (χ2n) is 5.38. The molecule has 2 aromatic rings. The molecule has 0 amide bonds. The van der Waals surface area contributed by atoms with Crippen molar-refractivity contribution in [2.75, 3.05) is 0 Å². The lowest BCUT2D eigenvalue weighted by atomic mass is 10.1. The number of nitrogens with zero attached hydrogens (tertiary/aromatic N) is 2. The molecule has 0 bridgehead atoms. The fraction of sp³-hybridized carbons (Fsp3) is 0.316. The van der Waals surface area contributed by atoms with Crippen molar-refractivity contribution >= 4 is 11.6 Å². The Labute approximate surface area is 127 Å². The number of allylic oxidation sites excluding steroid dienone is 1. The minimum Gasteiger partial charge on any atom is -0.344 e. The van der Waals surface area contributed by atoms with Crippen molar-refractivity contribution in [3.8, 4) is 6.07 Å². The highest BCUT2D eigenvalue weighted by atomic mass is 15.0. The lowest BCUT2D eigenvalue weighted by Gasteiger charge is -2.10. The summed E-state index contributed by atoms with van der Waals surface area (Å²) in [5, 5.41) is 9.56. The van der Waals surface area contributed by atoms with Crippen LogP contribution in [-0.2, 0) is 6.54 Å². The van der Waals surface area contributed by atoms with Gasteiger partial charge >= 0.3 is 0 Å². The Morgan fingerprint density at radius 2 is 1.95 bits per heavy atom. The van der Waals surface area contributed by atoms with Crippen molar-refractivity contribution in [1.29, 1.82) is 5.26 Å². The number of nitriles is 1. The van der Waals surface area contributed by atoms with E-state index in [0.29, 0.717) is 0 Å². The molecule has 0 aliphatic rings. The van der Waals surface area contributed by atoms with Crippen LogP contribution >= 0.6 is 0 Å². The molecular formula is C19H22N2. The van der Waals surface area contributed by atoms with Crippen molar-refractivity contribution in [3.05, 3.63) is 58.9 Å². The minimum atomic E-state index is 0.730. The van der Waals surface area contributed by atoms with Crippen molar-refractivity contribution in [1.82, 2.24) is 4.57 Å². The van der Waals surface area contributed by atoms with E-state index >= 15 is 0 Å². The van der Waals surface area contributed by atoms with Crippen LogP contribution in [0.5, 0.6) is 0 Å². The van der Waals surface area contributed by atoms with Crippen LogP contribution in [0.2, 0.25) is 0 Å². The molecule has 1 aromatic carbocycles. The average Bonchev–Trinajstić information content (AvgIpc) is 2.79. The minimum absolute atomic E-state index is 0.730. The molecule has 0 aliphatic carbocycles. The zero-order valence-electron chi connectivity index (χ0n) is 13.1. The first-order valence-electron chi connectivity index (χ1n) is 7.51. The number of aryl methyl sites for hydroxylation is 1. The van der Waals surface area contributed by atoms with E-state index in [4.69, 9.17) is 0 Å². The first kappa shape index (κ1) is 15.1. The lowest BCUT2D eigenvalue weighted by Crippen LogP contribution is -2.04. The van der Waals surface area contributed by atoms with Crippen molar-refractivity contribution in [3.63, 3.8) is 0 Å². The molecule has 2 nitrogen and oxygen atoms in total. The summed E-state index contributed by atoms with van der Waals surface area (Å²) in [6.07, 6.45) is 4.25. The Kier molecular flexibility index (Phi) is 5.00. The molecule has 1 heterocycles. The molecule has 0 atom stereocenters. The third-order valence-corrected chi connectivity index (χ3v) is 3.86. The topological polar surface area (TPSA) is 28.7 Å². The smallest absolute Gasteiger partial charge is 0.101 e. The van der Waals surface area contributed by atoms with Gasteiger partial charge in [-0.3, -0.25) is 0 Å². The second-order valence-corrected chi connectivity index (χ2v) is 5.38. The highest BCUT2D eigenvalue weighted by molar-refractivity contribution is 5.88. The molecule has 0 radical (unpaired) electrons. The molecule has 0 saturated heterocycles. The summed E-state index contributed by atoms with van der Waals surface area (Å²) in [6.45, 7) is 7.40. The molecule has 1 aromatic heterocycles. The maximum atomic E-state index is 9.56. The Morgan fingerprint density at radius 1 is 1.24 bits per heavy atom. The third-order valence-electron chi connectivity index (χ3n) is 3.86. The zero-order valence-corrected chi connectivity index (χ0v) is 13.1. The summed E-state index contributed by atoms with van der Waals surface area (Å²) < 4.78 is 2.27. The first-order chi connectivity index (χ1) is 10.2. The predicted molar refractivity (Wildman–Crippen MR) is 88.7 cm³/mol. The first-order valence-corrected chi connectivity index (χ1v) is 7.51. The molecule has 0 aliphatic heterocycles. The van der Waals surface area contributed by atoms with E-state index in [1.54, 1.807) is 0 Å². The van der Waals surface area contributed by atoms with Gasteiger partial charge in [0.25, 0.3) is 0 Å². The third kappa shape index (κ3) is 3.44. The molecule has 2 rings (SSSR count). The van der Waals surface area contributed by atoms with E-state index < -0.39 is 0 Å². The van der Waals surface area contributed by atoms with Gasteiger partial charge in [0, 0.05) is 12.2 Å². The lowest BCUT2D eigenvalue weighted by molar-refractivity contribution is 0.616. The number of benzene rings is 1. The van der Waals surface area contributed by atoms with Crippen LogP contribution in [0.15, 0.2) is 36.4 Å². The maximum Gasteiger partial charge on any atom is 0.101 e. The average molecular weight is 278 g/mol. The number of hydrogen-bond donors (Lipinski definition) is 0. The highest BCUT2D eigenvalue weighted by Gasteiger charge is 2.12. The van der Waals surface area contributed by atoms with Gasteiger partial charge in [-0.2, -0.15) is 5.26 Å². The normalized spacial score (nSPS) is 11.4. The summed E-state index contributed by atoms with van der Waals surface area (Å²) >= 11 is 0. The van der Waals surface area contributed by atoms with Gasteiger partial charge in [0.1, 0.15) is 6.07 Å². The molecule has 108 valence electrons. The molecule has 0 unspecified atom stereocenters. The Balaban J connectivity index is 2.46. The summed E-state index contributed by atoms with van der Waals surface area (Å²) in [6, 6.07) is 14.5. The van der Waals surface area contributed by atoms with E-state index in [1.165, 1.54) is 11.3 Å². The maximum absolute atomic E-state index is 9.56. The van der Waals surface area contributed by atoms with Gasteiger partial charge in [-0.25, -0.2) is 0 Å². The van der Waals surface area contributed by atoms with Crippen LogP contribution < -0.4 is 0 Å². The second kappa shape index (κ2) is 6.95. The monoisotopic (exact) mass is 278 g/mol. The Hall–Kier alpha value is -2.27. The summed E-state index contributed by atoms with van der Waals surface area (Å²) in [5.41, 5.74) is 5.33. The molecule has 21 heavy (non-hydrogen) atoms. The molecule has 0 N–H and O–H groups in total. The molecular weight excluding hydrogens is 256 g/mol. The zero-order chi connectivity index (χ0) is 15.2. The number of unbranched alkanes of at least 4 members (excludes halogenated alkanes) is 1. The number of hydrogen-bond acceptors (Lipinski definition) is 1. The van der Waals surface area contributed by atoms with Crippen molar-refractivity contribution in [2.45, 2.75) is 40.2 Å². The summed E-state index contributed by atoms with van der Waals surface area (Å²) in [4.78, 5) is 0. The summed E-state index contributed by atoms with van der Waals surface area (Å²) in [7, 11) is 0. The summed E-state index contributed by atoms with van der Waals surface area (Å²) in [5.74, 6) is 0. The van der Waals surface area contributed by atoms with E-state index in [0.717, 1.165) is 36.2 Å². The molecule has 2 heteroatoms. The fourth-order valence-corrected chi connectivity index (χ4v) is 2.49. The van der Waals surface area contributed by atoms with Gasteiger partial charge in [-0.15, -0.1) is 0 Å². The molecule has 0 saturated carbocycles. The quantitative estimate of drug-likeness (QED) is 0.710. The molecule has 0 spiro atoms. The van der Waals surface area contributed by atoms with Crippen molar-refractivity contribution in [2.24, 2.45) is 0 Å². The van der Waals surface area contributed by atoms with Gasteiger partial charge in [-0.05, 0) is 43.5 Å². The fourth-order valence-electron chi connectivity index (χ4n) is 2.49. The van der Waals surface area contributed by atoms with Gasteiger partial charge in [0.15, 0.2) is 0 Å². The SMILES string of the molecule is CCCCn1c(/C(C#N)=C/c2ccccc2)cc(C)c1C. The van der Waals surface area contributed by atoms with Crippen LogP contribution in [0.4, 0.5) is 0 Å². The van der Waals surface area contributed by atoms with Gasteiger partial charge < -0.3 is 4.57 Å². The van der Waals surface area contributed by atoms with E-state index in [9.17, 15) is 5.26 Å². The number of aromatic nitrogens is 1. The van der Waals surface area contributed by atoms with Crippen LogP contribution in [-0.4, -0.2) is 4.57 Å². The van der Waals surface area contributed by atoms with E-state index in [-0.39, 0.29) is 0 Å². The van der Waals surface area contributed by atoms with Crippen molar-refractivity contribution < 1.29 is 0 Å². The predicted octanol–water partition coefficient (Wildman–Crippen LogP) is 4.97. The van der Waals surface area contributed by atoms with Gasteiger partial charge in [-0.1, -0.05) is 43.7 Å². The van der Waals surface area contributed by atoms with Crippen LogP contribution in [0.3, 0.4) is 0 Å². The van der Waals surface area contributed by atoms with E-state index in [2.05, 4.69) is 37.5 Å². The largest absolute Gasteiger partial charge is 0.344 e. The highest BCUT2D eigenvalue weighted by Crippen LogP contribution is 2.24. The van der Waals surface area contributed by atoms with Gasteiger partial charge in [0.2, 0.25) is 0 Å². The van der Waals surface area contributed by atoms with Crippen LogP contribution in [0.25, 0.3) is 11.6 Å². The Morgan fingerprint density at radius 3 is 2.57 bits per heavy atom.